The summed E-state index contributed by atoms with van der Waals surface area (Å²) in [6.45, 7) is 8.38. The van der Waals surface area contributed by atoms with E-state index in [9.17, 15) is 9.59 Å². The summed E-state index contributed by atoms with van der Waals surface area (Å²) in [4.78, 5) is 27.4. The Balaban J connectivity index is 1.95. The molecule has 1 aliphatic heterocycles. The van der Waals surface area contributed by atoms with Gasteiger partial charge >= 0.3 is 0 Å². The van der Waals surface area contributed by atoms with Crippen LogP contribution >= 0.6 is 0 Å². The van der Waals surface area contributed by atoms with Gasteiger partial charge in [0.1, 0.15) is 6.04 Å². The SMILES string of the molecule is CCCC(C)CC(=O)NC(CCC)C(=O)Nc1cccc(N2CCCC2)c1. The largest absolute Gasteiger partial charge is 0.371 e. The topological polar surface area (TPSA) is 61.4 Å². The second-order valence-corrected chi connectivity index (χ2v) is 7.74. The Labute approximate surface area is 163 Å². The third-order valence-corrected chi connectivity index (χ3v) is 5.13. The van der Waals surface area contributed by atoms with E-state index in [-0.39, 0.29) is 11.8 Å². The zero-order chi connectivity index (χ0) is 19.6. The van der Waals surface area contributed by atoms with Gasteiger partial charge in [0, 0.05) is 30.9 Å². The van der Waals surface area contributed by atoms with Gasteiger partial charge in [0.2, 0.25) is 11.8 Å². The highest BCUT2D eigenvalue weighted by Crippen LogP contribution is 2.23. The van der Waals surface area contributed by atoms with Crippen molar-refractivity contribution in [1.29, 1.82) is 0 Å². The lowest BCUT2D eigenvalue weighted by atomic mass is 10.0. The number of amides is 2. The quantitative estimate of drug-likeness (QED) is 0.641. The summed E-state index contributed by atoms with van der Waals surface area (Å²) in [5, 5.41) is 5.93. The van der Waals surface area contributed by atoms with Gasteiger partial charge in [-0.1, -0.05) is 46.1 Å². The van der Waals surface area contributed by atoms with Crippen LogP contribution in [0.15, 0.2) is 24.3 Å². The molecule has 27 heavy (non-hydrogen) atoms. The van der Waals surface area contributed by atoms with Crippen LogP contribution in [0.3, 0.4) is 0 Å². The molecule has 1 aromatic carbocycles. The molecule has 1 aromatic rings. The zero-order valence-corrected chi connectivity index (χ0v) is 17.1. The first-order valence-corrected chi connectivity index (χ1v) is 10.5. The van der Waals surface area contributed by atoms with Crippen LogP contribution in [-0.2, 0) is 9.59 Å². The minimum Gasteiger partial charge on any atom is -0.371 e. The summed E-state index contributed by atoms with van der Waals surface area (Å²) in [5.74, 6) is 0.180. The molecule has 2 unspecified atom stereocenters. The van der Waals surface area contributed by atoms with Crippen molar-refractivity contribution in [2.24, 2.45) is 5.92 Å². The van der Waals surface area contributed by atoms with Crippen LogP contribution in [-0.4, -0.2) is 30.9 Å². The number of hydrogen-bond acceptors (Lipinski definition) is 3. The number of rotatable bonds is 10. The van der Waals surface area contributed by atoms with Crippen LogP contribution in [0.5, 0.6) is 0 Å². The van der Waals surface area contributed by atoms with E-state index < -0.39 is 6.04 Å². The Kier molecular flexibility index (Phi) is 8.62. The van der Waals surface area contributed by atoms with Crippen molar-refractivity contribution in [2.45, 2.75) is 71.8 Å². The molecule has 150 valence electrons. The molecule has 2 atom stereocenters. The summed E-state index contributed by atoms with van der Waals surface area (Å²) in [7, 11) is 0. The lowest BCUT2D eigenvalue weighted by molar-refractivity contribution is -0.127. The highest BCUT2D eigenvalue weighted by Gasteiger charge is 2.21. The second-order valence-electron chi connectivity index (χ2n) is 7.74. The fourth-order valence-corrected chi connectivity index (χ4v) is 3.71. The molecule has 5 heteroatoms. The van der Waals surface area contributed by atoms with Crippen molar-refractivity contribution < 1.29 is 9.59 Å². The van der Waals surface area contributed by atoms with Gasteiger partial charge in [0.15, 0.2) is 0 Å². The first kappa shape index (κ1) is 21.3. The Morgan fingerprint density at radius 1 is 1.11 bits per heavy atom. The number of benzene rings is 1. The standard InChI is InChI=1S/C22H35N3O2/c1-4-9-17(3)15-21(26)24-20(10-5-2)22(27)23-18-11-8-12-19(16-18)25-13-6-7-14-25/h8,11-12,16-17,20H,4-7,9-10,13-15H2,1-3H3,(H,23,27)(H,24,26). The van der Waals surface area contributed by atoms with Crippen molar-refractivity contribution in [2.75, 3.05) is 23.3 Å². The molecule has 1 aliphatic rings. The van der Waals surface area contributed by atoms with Crippen LogP contribution in [0.25, 0.3) is 0 Å². The minimum absolute atomic E-state index is 0.0321. The molecular formula is C22H35N3O2. The second kappa shape index (κ2) is 11.0. The van der Waals surface area contributed by atoms with Crippen LogP contribution in [0.2, 0.25) is 0 Å². The van der Waals surface area contributed by atoms with Gasteiger partial charge in [-0.15, -0.1) is 0 Å². The predicted octanol–water partition coefficient (Wildman–Crippen LogP) is 4.34. The van der Waals surface area contributed by atoms with E-state index >= 15 is 0 Å². The predicted molar refractivity (Wildman–Crippen MR) is 112 cm³/mol. The summed E-state index contributed by atoms with van der Waals surface area (Å²) in [5.41, 5.74) is 1.94. The molecule has 2 N–H and O–H groups in total. The first-order valence-electron chi connectivity index (χ1n) is 10.5. The molecule has 0 aliphatic carbocycles. The molecule has 1 saturated heterocycles. The van der Waals surface area contributed by atoms with Crippen LogP contribution in [0, 0.1) is 5.92 Å². The highest BCUT2D eigenvalue weighted by molar-refractivity contribution is 5.97. The Morgan fingerprint density at radius 3 is 2.48 bits per heavy atom. The number of anilines is 2. The molecule has 0 bridgehead atoms. The van der Waals surface area contributed by atoms with Gasteiger partial charge in [-0.05, 0) is 43.4 Å². The van der Waals surface area contributed by atoms with Crippen molar-refractivity contribution >= 4 is 23.2 Å². The van der Waals surface area contributed by atoms with Crippen LogP contribution in [0.1, 0.15) is 65.7 Å². The van der Waals surface area contributed by atoms with Gasteiger partial charge in [-0.2, -0.15) is 0 Å². The van der Waals surface area contributed by atoms with Crippen molar-refractivity contribution in [1.82, 2.24) is 5.32 Å². The Morgan fingerprint density at radius 2 is 1.81 bits per heavy atom. The molecule has 1 heterocycles. The first-order chi connectivity index (χ1) is 13.0. The average Bonchev–Trinajstić information content (AvgIpc) is 3.16. The molecular weight excluding hydrogens is 338 g/mol. The number of carbonyl (C=O) groups is 2. The van der Waals surface area contributed by atoms with E-state index in [1.165, 1.54) is 12.8 Å². The molecule has 0 saturated carbocycles. The number of nitrogens with one attached hydrogen (secondary N) is 2. The van der Waals surface area contributed by atoms with E-state index in [0.29, 0.717) is 18.8 Å². The van der Waals surface area contributed by atoms with Gasteiger partial charge < -0.3 is 15.5 Å². The van der Waals surface area contributed by atoms with E-state index in [1.807, 2.05) is 25.1 Å². The van der Waals surface area contributed by atoms with E-state index in [1.54, 1.807) is 0 Å². The highest BCUT2D eigenvalue weighted by atomic mass is 16.2. The maximum Gasteiger partial charge on any atom is 0.246 e. The summed E-state index contributed by atoms with van der Waals surface area (Å²) >= 11 is 0. The third-order valence-electron chi connectivity index (χ3n) is 5.13. The summed E-state index contributed by atoms with van der Waals surface area (Å²) < 4.78 is 0. The molecule has 2 rings (SSSR count). The van der Waals surface area contributed by atoms with Gasteiger partial charge in [0.25, 0.3) is 0 Å². The number of nitrogens with zero attached hydrogens (tertiary/aromatic N) is 1. The molecule has 2 amide bonds. The lowest BCUT2D eigenvalue weighted by Gasteiger charge is -2.21. The lowest BCUT2D eigenvalue weighted by Crippen LogP contribution is -2.44. The maximum atomic E-state index is 12.7. The van der Waals surface area contributed by atoms with Crippen molar-refractivity contribution in [3.8, 4) is 0 Å². The normalized spacial score (nSPS) is 16.0. The van der Waals surface area contributed by atoms with Crippen LogP contribution < -0.4 is 15.5 Å². The van der Waals surface area contributed by atoms with E-state index in [2.05, 4.69) is 35.4 Å². The molecule has 0 radical (unpaired) electrons. The van der Waals surface area contributed by atoms with Gasteiger partial charge in [-0.3, -0.25) is 9.59 Å². The minimum atomic E-state index is -0.480. The smallest absolute Gasteiger partial charge is 0.246 e. The third kappa shape index (κ3) is 6.89. The fraction of sp³-hybridized carbons (Fsp3) is 0.636. The van der Waals surface area contributed by atoms with Crippen molar-refractivity contribution in [3.63, 3.8) is 0 Å². The molecule has 0 aromatic heterocycles. The molecule has 0 spiro atoms. The van der Waals surface area contributed by atoms with E-state index in [4.69, 9.17) is 0 Å². The maximum absolute atomic E-state index is 12.7. The number of hydrogen-bond donors (Lipinski definition) is 2. The number of carbonyl (C=O) groups excluding carboxylic acids is 2. The summed E-state index contributed by atoms with van der Waals surface area (Å²) in [6.07, 6.45) is 6.51. The van der Waals surface area contributed by atoms with Crippen molar-refractivity contribution in [3.05, 3.63) is 24.3 Å². The average molecular weight is 374 g/mol. The van der Waals surface area contributed by atoms with E-state index in [0.717, 1.165) is 43.7 Å². The van der Waals surface area contributed by atoms with Gasteiger partial charge in [-0.25, -0.2) is 0 Å². The Bertz CT molecular complexity index is 611. The molecule has 5 nitrogen and oxygen atoms in total. The Hall–Kier alpha value is -2.04. The van der Waals surface area contributed by atoms with Crippen LogP contribution in [0.4, 0.5) is 11.4 Å². The van der Waals surface area contributed by atoms with Gasteiger partial charge in [0.05, 0.1) is 0 Å². The molecule has 1 fully saturated rings. The monoisotopic (exact) mass is 373 g/mol. The zero-order valence-electron chi connectivity index (χ0n) is 17.1. The summed E-state index contributed by atoms with van der Waals surface area (Å²) in [6, 6.07) is 7.51. The fourth-order valence-electron chi connectivity index (χ4n) is 3.71.